The van der Waals surface area contributed by atoms with Gasteiger partial charge in [0.25, 0.3) is 0 Å². The van der Waals surface area contributed by atoms with Crippen LogP contribution in [0.15, 0.2) is 35.7 Å². The van der Waals surface area contributed by atoms with Gasteiger partial charge in [-0.25, -0.2) is 0 Å². The lowest BCUT2D eigenvalue weighted by molar-refractivity contribution is 0.589. The Kier molecular flexibility index (Phi) is 3.59. The van der Waals surface area contributed by atoms with Gasteiger partial charge in [0.2, 0.25) is 0 Å². The van der Waals surface area contributed by atoms with Crippen molar-refractivity contribution in [2.24, 2.45) is 5.73 Å². The maximum absolute atomic E-state index is 6.44. The zero-order chi connectivity index (χ0) is 14.1. The van der Waals surface area contributed by atoms with Gasteiger partial charge in [0.1, 0.15) is 0 Å². The third-order valence-corrected chi connectivity index (χ3v) is 4.61. The normalized spacial score (nSPS) is 12.9. The van der Waals surface area contributed by atoms with Crippen LogP contribution in [0.1, 0.15) is 29.9 Å². The van der Waals surface area contributed by atoms with Crippen molar-refractivity contribution in [1.29, 1.82) is 0 Å². The first-order valence-electron chi connectivity index (χ1n) is 6.94. The molecular formula is C16H19N3S. The van der Waals surface area contributed by atoms with Crippen molar-refractivity contribution in [2.45, 2.75) is 32.9 Å². The number of fused-ring (bicyclic) bond motifs is 1. The van der Waals surface area contributed by atoms with E-state index in [2.05, 4.69) is 47.7 Å². The second kappa shape index (κ2) is 5.38. The average molecular weight is 285 g/mol. The number of aryl methyl sites for hydroxylation is 2. The van der Waals surface area contributed by atoms with Gasteiger partial charge in [-0.1, -0.05) is 18.2 Å². The van der Waals surface area contributed by atoms with E-state index in [0.717, 1.165) is 18.7 Å². The molecule has 3 rings (SSSR count). The minimum Gasteiger partial charge on any atom is -0.324 e. The molecule has 20 heavy (non-hydrogen) atoms. The van der Waals surface area contributed by atoms with Crippen molar-refractivity contribution >= 4 is 21.4 Å². The Morgan fingerprint density at radius 2 is 2.15 bits per heavy atom. The summed E-state index contributed by atoms with van der Waals surface area (Å²) < 4.78 is 3.35. The summed E-state index contributed by atoms with van der Waals surface area (Å²) in [6, 6.07) is 10.6. The lowest BCUT2D eigenvalue weighted by Gasteiger charge is -2.12. The molecule has 104 valence electrons. The van der Waals surface area contributed by atoms with Crippen LogP contribution in [0.25, 0.3) is 10.1 Å². The van der Waals surface area contributed by atoms with E-state index in [9.17, 15) is 0 Å². The fraction of sp³-hybridized carbons (Fsp3) is 0.312. The molecule has 0 spiro atoms. The van der Waals surface area contributed by atoms with Crippen LogP contribution < -0.4 is 5.73 Å². The summed E-state index contributed by atoms with van der Waals surface area (Å²) in [5.41, 5.74) is 9.95. The molecule has 2 aromatic heterocycles. The van der Waals surface area contributed by atoms with E-state index in [4.69, 9.17) is 5.73 Å². The van der Waals surface area contributed by atoms with Gasteiger partial charge >= 0.3 is 0 Å². The van der Waals surface area contributed by atoms with E-state index < -0.39 is 0 Å². The summed E-state index contributed by atoms with van der Waals surface area (Å²) in [6.07, 6.45) is 0.829. The molecule has 0 fully saturated rings. The molecule has 3 nitrogen and oxygen atoms in total. The molecule has 0 saturated carbocycles. The minimum atomic E-state index is 0.0209. The average Bonchev–Trinajstić information content (AvgIpc) is 3.02. The number of nitrogens with zero attached hydrogens (tertiary/aromatic N) is 2. The van der Waals surface area contributed by atoms with Crippen molar-refractivity contribution in [3.63, 3.8) is 0 Å². The third kappa shape index (κ3) is 2.37. The molecule has 1 unspecified atom stereocenters. The van der Waals surface area contributed by atoms with E-state index in [1.165, 1.54) is 21.3 Å². The fourth-order valence-corrected chi connectivity index (χ4v) is 3.68. The van der Waals surface area contributed by atoms with Gasteiger partial charge in [-0.2, -0.15) is 5.10 Å². The van der Waals surface area contributed by atoms with Crippen molar-refractivity contribution < 1.29 is 0 Å². The predicted molar refractivity (Wildman–Crippen MR) is 85.1 cm³/mol. The summed E-state index contributed by atoms with van der Waals surface area (Å²) in [5, 5.41) is 7.96. The molecular weight excluding hydrogens is 266 g/mol. The minimum absolute atomic E-state index is 0.0209. The van der Waals surface area contributed by atoms with Crippen molar-refractivity contribution in [1.82, 2.24) is 9.78 Å². The maximum atomic E-state index is 6.44. The highest BCUT2D eigenvalue weighted by atomic mass is 32.1. The first kappa shape index (κ1) is 13.3. The summed E-state index contributed by atoms with van der Waals surface area (Å²) in [5.74, 6) is 0. The number of rotatable bonds is 4. The number of hydrogen-bond donors (Lipinski definition) is 1. The van der Waals surface area contributed by atoms with Gasteiger partial charge in [0.15, 0.2) is 0 Å². The van der Waals surface area contributed by atoms with Gasteiger partial charge in [0.05, 0.1) is 5.69 Å². The number of aromatic nitrogens is 2. The monoisotopic (exact) mass is 285 g/mol. The number of hydrogen-bond acceptors (Lipinski definition) is 3. The highest BCUT2D eigenvalue weighted by Gasteiger charge is 2.15. The second-order valence-electron chi connectivity index (χ2n) is 5.09. The van der Waals surface area contributed by atoms with Crippen LogP contribution in [-0.2, 0) is 13.0 Å². The zero-order valence-electron chi connectivity index (χ0n) is 11.8. The Labute approximate surface area is 123 Å². The number of thiophene rings is 1. The molecule has 0 bridgehead atoms. The summed E-state index contributed by atoms with van der Waals surface area (Å²) in [7, 11) is 0. The number of benzene rings is 1. The summed E-state index contributed by atoms with van der Waals surface area (Å²) in [4.78, 5) is 0. The SMILES string of the molecule is CCn1nc(C)cc1CC(N)c1csc2ccccc12. The van der Waals surface area contributed by atoms with Crippen LogP contribution in [-0.4, -0.2) is 9.78 Å². The smallest absolute Gasteiger partial charge is 0.0596 e. The fourth-order valence-electron chi connectivity index (χ4n) is 2.66. The molecule has 0 aliphatic heterocycles. The second-order valence-corrected chi connectivity index (χ2v) is 6.00. The van der Waals surface area contributed by atoms with Crippen LogP contribution >= 0.6 is 11.3 Å². The molecule has 2 N–H and O–H groups in total. The molecule has 0 aliphatic rings. The van der Waals surface area contributed by atoms with Crippen molar-refractivity contribution in [3.8, 4) is 0 Å². The topological polar surface area (TPSA) is 43.8 Å². The van der Waals surface area contributed by atoms with E-state index in [1.807, 2.05) is 11.6 Å². The quantitative estimate of drug-likeness (QED) is 0.795. The van der Waals surface area contributed by atoms with E-state index in [-0.39, 0.29) is 6.04 Å². The van der Waals surface area contributed by atoms with Crippen molar-refractivity contribution in [2.75, 3.05) is 0 Å². The first-order chi connectivity index (χ1) is 9.69. The van der Waals surface area contributed by atoms with Gasteiger partial charge in [0, 0.05) is 29.4 Å². The summed E-state index contributed by atoms with van der Waals surface area (Å²) in [6.45, 7) is 5.03. The van der Waals surface area contributed by atoms with Crippen LogP contribution in [0.2, 0.25) is 0 Å². The zero-order valence-corrected chi connectivity index (χ0v) is 12.7. The molecule has 1 aromatic carbocycles. The van der Waals surface area contributed by atoms with Gasteiger partial charge in [-0.15, -0.1) is 11.3 Å². The summed E-state index contributed by atoms with van der Waals surface area (Å²) >= 11 is 1.77. The molecule has 4 heteroatoms. The van der Waals surface area contributed by atoms with Crippen LogP contribution in [0, 0.1) is 6.92 Å². The Morgan fingerprint density at radius 3 is 2.95 bits per heavy atom. The molecule has 0 aliphatic carbocycles. The van der Waals surface area contributed by atoms with Crippen LogP contribution in [0.3, 0.4) is 0 Å². The van der Waals surface area contributed by atoms with Gasteiger partial charge in [-0.3, -0.25) is 4.68 Å². The maximum Gasteiger partial charge on any atom is 0.0596 e. The molecule has 3 aromatic rings. The van der Waals surface area contributed by atoms with Crippen LogP contribution in [0.4, 0.5) is 0 Å². The molecule has 0 radical (unpaired) electrons. The predicted octanol–water partition coefficient (Wildman–Crippen LogP) is 3.67. The first-order valence-corrected chi connectivity index (χ1v) is 7.82. The molecule has 1 atom stereocenters. The standard InChI is InChI=1S/C16H19N3S/c1-3-19-12(8-11(2)18-19)9-15(17)14-10-20-16-7-5-4-6-13(14)16/h4-8,10,15H,3,9,17H2,1-2H3. The highest BCUT2D eigenvalue weighted by molar-refractivity contribution is 7.17. The Hall–Kier alpha value is -1.65. The Bertz CT molecular complexity index is 726. The third-order valence-electron chi connectivity index (χ3n) is 3.62. The molecule has 0 saturated heterocycles. The van der Waals surface area contributed by atoms with Crippen LogP contribution in [0.5, 0.6) is 0 Å². The van der Waals surface area contributed by atoms with Gasteiger partial charge < -0.3 is 5.73 Å². The van der Waals surface area contributed by atoms with Crippen molar-refractivity contribution in [3.05, 3.63) is 52.7 Å². The molecule has 2 heterocycles. The van der Waals surface area contributed by atoms with E-state index >= 15 is 0 Å². The molecule has 0 amide bonds. The highest BCUT2D eigenvalue weighted by Crippen LogP contribution is 2.30. The van der Waals surface area contributed by atoms with Gasteiger partial charge in [-0.05, 0) is 42.3 Å². The van der Waals surface area contributed by atoms with E-state index in [0.29, 0.717) is 0 Å². The Morgan fingerprint density at radius 1 is 1.35 bits per heavy atom. The largest absolute Gasteiger partial charge is 0.324 e. The Balaban J connectivity index is 1.91. The lowest BCUT2D eigenvalue weighted by atomic mass is 10.0. The van der Waals surface area contributed by atoms with E-state index in [1.54, 1.807) is 11.3 Å². The lowest BCUT2D eigenvalue weighted by Crippen LogP contribution is -2.15. The number of nitrogens with two attached hydrogens (primary N) is 1.